The van der Waals surface area contributed by atoms with Crippen LogP contribution >= 0.6 is 0 Å². The minimum absolute atomic E-state index is 0.00542. The van der Waals surface area contributed by atoms with E-state index < -0.39 is 0 Å². The summed E-state index contributed by atoms with van der Waals surface area (Å²) in [5, 5.41) is 9.87. The molecule has 2 atom stereocenters. The number of hydrogen-bond donors (Lipinski definition) is 2. The van der Waals surface area contributed by atoms with Gasteiger partial charge in [0.15, 0.2) is 0 Å². The Labute approximate surface area is 134 Å². The van der Waals surface area contributed by atoms with Crippen molar-refractivity contribution < 1.29 is 9.53 Å². The van der Waals surface area contributed by atoms with E-state index in [4.69, 9.17) is 4.74 Å². The van der Waals surface area contributed by atoms with E-state index in [2.05, 4.69) is 20.5 Å². The van der Waals surface area contributed by atoms with Crippen LogP contribution in [-0.2, 0) is 4.74 Å². The average molecular weight is 312 g/mol. The third-order valence-corrected chi connectivity index (χ3v) is 4.63. The second kappa shape index (κ2) is 6.12. The quantitative estimate of drug-likeness (QED) is 0.887. The van der Waals surface area contributed by atoms with E-state index in [1.54, 1.807) is 12.4 Å². The molecule has 0 spiro atoms. The lowest BCUT2D eigenvalue weighted by molar-refractivity contribution is 0.0846. The predicted octanol–water partition coefficient (Wildman–Crippen LogP) is 2.19. The van der Waals surface area contributed by atoms with Crippen LogP contribution in [0.25, 0.3) is 0 Å². The molecule has 1 saturated carbocycles. The fourth-order valence-corrected chi connectivity index (χ4v) is 3.24. The van der Waals surface area contributed by atoms with Crippen LogP contribution < -0.4 is 5.32 Å². The molecule has 1 aliphatic heterocycles. The molecular weight excluding hydrogens is 292 g/mol. The van der Waals surface area contributed by atoms with Crippen molar-refractivity contribution in [2.45, 2.75) is 31.3 Å². The molecule has 2 aromatic heterocycles. The monoisotopic (exact) mass is 312 g/mol. The topological polar surface area (TPSA) is 79.9 Å². The lowest BCUT2D eigenvalue weighted by atomic mass is 9.97. The average Bonchev–Trinajstić information content (AvgIpc) is 3.09. The maximum absolute atomic E-state index is 12.5. The van der Waals surface area contributed by atoms with Gasteiger partial charge >= 0.3 is 0 Å². The Bertz CT molecular complexity index is 682. The Morgan fingerprint density at radius 2 is 2.30 bits per heavy atom. The van der Waals surface area contributed by atoms with Crippen LogP contribution in [0.1, 0.15) is 52.9 Å². The predicted molar refractivity (Wildman–Crippen MR) is 83.9 cm³/mol. The Balaban J connectivity index is 1.42. The lowest BCUT2D eigenvalue weighted by Crippen LogP contribution is -2.31. The maximum atomic E-state index is 12.5. The van der Waals surface area contributed by atoms with Gasteiger partial charge in [0, 0.05) is 42.9 Å². The molecule has 0 radical (unpaired) electrons. The summed E-state index contributed by atoms with van der Waals surface area (Å²) in [6.07, 6.45) is 8.63. The van der Waals surface area contributed by atoms with Crippen molar-refractivity contribution >= 4 is 5.91 Å². The van der Waals surface area contributed by atoms with Gasteiger partial charge in [0.05, 0.1) is 23.6 Å². The number of ether oxygens (including phenoxy) is 1. The number of carbonyl (C=O) groups is 1. The van der Waals surface area contributed by atoms with Gasteiger partial charge in [0.2, 0.25) is 0 Å². The van der Waals surface area contributed by atoms with Gasteiger partial charge in [-0.1, -0.05) is 0 Å². The Morgan fingerprint density at radius 1 is 1.39 bits per heavy atom. The molecule has 4 rings (SSSR count). The van der Waals surface area contributed by atoms with Crippen molar-refractivity contribution in [2.24, 2.45) is 5.92 Å². The Kier molecular flexibility index (Phi) is 3.83. The van der Waals surface area contributed by atoms with Crippen molar-refractivity contribution in [1.29, 1.82) is 0 Å². The summed E-state index contributed by atoms with van der Waals surface area (Å²) in [6.45, 7) is 1.32. The molecule has 23 heavy (non-hydrogen) atoms. The molecule has 0 bridgehead atoms. The molecule has 1 aliphatic carbocycles. The van der Waals surface area contributed by atoms with Crippen LogP contribution in [-0.4, -0.2) is 34.2 Å². The molecule has 6 heteroatoms. The number of hydrogen-bond acceptors (Lipinski definition) is 4. The Hall–Kier alpha value is -2.21. The van der Waals surface area contributed by atoms with Gasteiger partial charge < -0.3 is 10.1 Å². The fraction of sp³-hybridized carbons (Fsp3) is 0.471. The normalized spacial score (nSPS) is 23.8. The second-order valence-corrected chi connectivity index (χ2v) is 6.29. The number of nitrogens with one attached hydrogen (secondary N) is 2. The number of aromatic amines is 1. The summed E-state index contributed by atoms with van der Waals surface area (Å²) in [7, 11) is 0. The van der Waals surface area contributed by atoms with Crippen molar-refractivity contribution in [3.05, 3.63) is 47.5 Å². The zero-order valence-corrected chi connectivity index (χ0v) is 12.9. The van der Waals surface area contributed by atoms with Crippen LogP contribution in [0.3, 0.4) is 0 Å². The van der Waals surface area contributed by atoms with E-state index in [1.165, 1.54) is 0 Å². The van der Waals surface area contributed by atoms with Crippen LogP contribution in [0.5, 0.6) is 0 Å². The zero-order chi connectivity index (χ0) is 15.6. The van der Waals surface area contributed by atoms with Crippen molar-refractivity contribution in [2.75, 3.05) is 13.2 Å². The summed E-state index contributed by atoms with van der Waals surface area (Å²) in [6, 6.07) is 3.70. The van der Waals surface area contributed by atoms with Crippen molar-refractivity contribution in [3.8, 4) is 0 Å². The highest BCUT2D eigenvalue weighted by molar-refractivity contribution is 5.95. The van der Waals surface area contributed by atoms with Gasteiger partial charge in [0.1, 0.15) is 0 Å². The molecule has 3 heterocycles. The van der Waals surface area contributed by atoms with E-state index in [-0.39, 0.29) is 17.9 Å². The molecule has 2 aromatic rings. The highest BCUT2D eigenvalue weighted by atomic mass is 16.5. The van der Waals surface area contributed by atoms with E-state index in [9.17, 15) is 4.79 Å². The van der Waals surface area contributed by atoms with E-state index in [0.717, 1.165) is 37.1 Å². The lowest BCUT2D eigenvalue weighted by Gasteiger charge is -2.18. The minimum Gasteiger partial charge on any atom is -0.373 e. The molecule has 2 N–H and O–H groups in total. The maximum Gasteiger partial charge on any atom is 0.253 e. The third kappa shape index (κ3) is 2.99. The van der Waals surface area contributed by atoms with Gasteiger partial charge in [0.25, 0.3) is 5.91 Å². The molecule has 120 valence electrons. The largest absolute Gasteiger partial charge is 0.373 e. The first-order valence-corrected chi connectivity index (χ1v) is 8.16. The number of pyridine rings is 1. The second-order valence-electron chi connectivity index (χ2n) is 6.29. The first kappa shape index (κ1) is 14.4. The summed E-state index contributed by atoms with van der Waals surface area (Å²) >= 11 is 0. The molecule has 0 aromatic carbocycles. The van der Waals surface area contributed by atoms with Gasteiger partial charge in [-0.25, -0.2) is 0 Å². The number of aromatic nitrogens is 3. The van der Waals surface area contributed by atoms with Crippen LogP contribution in [0.15, 0.2) is 30.7 Å². The first-order valence-electron chi connectivity index (χ1n) is 8.16. The van der Waals surface area contributed by atoms with E-state index in [0.29, 0.717) is 18.0 Å². The van der Waals surface area contributed by atoms with Gasteiger partial charge in [-0.15, -0.1) is 0 Å². The number of rotatable bonds is 5. The highest BCUT2D eigenvalue weighted by Gasteiger charge is 2.32. The summed E-state index contributed by atoms with van der Waals surface area (Å²) in [5.41, 5.74) is 2.70. The summed E-state index contributed by atoms with van der Waals surface area (Å²) in [5.74, 6) is 0.709. The summed E-state index contributed by atoms with van der Waals surface area (Å²) in [4.78, 5) is 16.9. The number of nitrogens with zero attached hydrogens (tertiary/aromatic N) is 2. The van der Waals surface area contributed by atoms with Gasteiger partial charge in [-0.2, -0.15) is 5.10 Å². The Morgan fingerprint density at radius 3 is 3.09 bits per heavy atom. The van der Waals surface area contributed by atoms with E-state index in [1.807, 2.05) is 18.3 Å². The molecule has 0 unspecified atom stereocenters. The van der Waals surface area contributed by atoms with Crippen molar-refractivity contribution in [1.82, 2.24) is 20.5 Å². The molecule has 1 saturated heterocycles. The van der Waals surface area contributed by atoms with Gasteiger partial charge in [-0.3, -0.25) is 14.9 Å². The third-order valence-electron chi connectivity index (χ3n) is 4.63. The van der Waals surface area contributed by atoms with Crippen LogP contribution in [0.4, 0.5) is 0 Å². The zero-order valence-electron chi connectivity index (χ0n) is 12.9. The van der Waals surface area contributed by atoms with Crippen LogP contribution in [0.2, 0.25) is 0 Å². The van der Waals surface area contributed by atoms with Crippen molar-refractivity contribution in [3.63, 3.8) is 0 Å². The molecule has 6 nitrogen and oxygen atoms in total. The van der Waals surface area contributed by atoms with Gasteiger partial charge in [-0.05, 0) is 31.4 Å². The van der Waals surface area contributed by atoms with E-state index >= 15 is 0 Å². The molecular formula is C17H20N4O2. The first-order chi connectivity index (χ1) is 11.3. The number of amides is 1. The minimum atomic E-state index is -0.0298. The molecule has 2 aliphatic rings. The van der Waals surface area contributed by atoms with Crippen LogP contribution in [0, 0.1) is 5.92 Å². The molecule has 2 fully saturated rings. The number of carbonyl (C=O) groups excluding carboxylic acids is 1. The highest BCUT2D eigenvalue weighted by Crippen LogP contribution is 2.40. The fourth-order valence-electron chi connectivity index (χ4n) is 3.24. The molecule has 1 amide bonds. The summed E-state index contributed by atoms with van der Waals surface area (Å²) < 4.78 is 5.80. The number of H-pyrrole nitrogens is 1. The standard InChI is InChI=1S/C17H20N4O2/c22-17(14-2-1-6-18-15(14)11-3-4-11)19-8-12-5-7-23-16(12)13-9-20-21-10-13/h1-2,6,9-12,16H,3-5,7-8H2,(H,19,22)(H,20,21)/t12-,16+/m1/s1. The SMILES string of the molecule is O=C(NC[C@H]1CCO[C@@H]1c1cn[nH]c1)c1cccnc1C1CC1. The smallest absolute Gasteiger partial charge is 0.253 e.